The Bertz CT molecular complexity index is 1500. The van der Waals surface area contributed by atoms with Crippen LogP contribution in [-0.4, -0.2) is 87.5 Å². The number of nitrogens with one attached hydrogen (secondary N) is 1. The number of carbonyl (C=O) groups excluding carboxylic acids is 2. The Morgan fingerprint density at radius 2 is 1.84 bits per heavy atom. The first kappa shape index (κ1) is 30.6. The number of imidazole rings is 1. The third-order valence-corrected chi connectivity index (χ3v) is 7.32. The Kier molecular flexibility index (Phi) is 8.59. The van der Waals surface area contributed by atoms with Crippen LogP contribution in [0.1, 0.15) is 55.6 Å². The quantitative estimate of drug-likeness (QED) is 0.283. The molecular formula is C30H36F2N4O7. The van der Waals surface area contributed by atoms with Crippen molar-refractivity contribution in [2.75, 3.05) is 26.7 Å². The summed E-state index contributed by atoms with van der Waals surface area (Å²) in [6.45, 7) is 3.30. The molecule has 3 heterocycles. The van der Waals surface area contributed by atoms with Crippen molar-refractivity contribution in [2.24, 2.45) is 5.92 Å². The van der Waals surface area contributed by atoms with Crippen molar-refractivity contribution in [1.82, 2.24) is 19.6 Å². The molecule has 0 radical (unpaired) electrons. The van der Waals surface area contributed by atoms with Gasteiger partial charge in [-0.3, -0.25) is 18.9 Å². The summed E-state index contributed by atoms with van der Waals surface area (Å²) in [5.74, 6) is -1.37. The maximum atomic E-state index is 13.3. The number of carbonyl (C=O) groups is 2. The van der Waals surface area contributed by atoms with E-state index in [1.54, 1.807) is 28.8 Å². The molecule has 232 valence electrons. The predicted molar refractivity (Wildman–Crippen MR) is 151 cm³/mol. The number of esters is 1. The number of hydrogen-bond acceptors (Lipinski definition) is 9. The molecule has 0 bridgehead atoms. The molecule has 1 saturated heterocycles. The largest absolute Gasteiger partial charge is 0.496 e. The van der Waals surface area contributed by atoms with Gasteiger partial charge in [0, 0.05) is 37.4 Å². The topological polar surface area (TPSA) is 135 Å². The highest BCUT2D eigenvalue weighted by atomic mass is 19.3. The molecule has 1 aromatic carbocycles. The number of aliphatic hydroxyl groups excluding tert-OH is 2. The van der Waals surface area contributed by atoms with Gasteiger partial charge in [0.05, 0.1) is 31.0 Å². The SMILES string of the molecule is COc1cc(-c2cnc3cc(C(O)C(O)CN4CC(C(=O)OC(C)(C)C)C4)ccn23)cc(OC(F)F)c1C(=O)NC1CC1. The van der Waals surface area contributed by atoms with Gasteiger partial charge < -0.3 is 29.7 Å². The summed E-state index contributed by atoms with van der Waals surface area (Å²) >= 11 is 0. The number of methoxy groups -OCH3 is 1. The molecule has 43 heavy (non-hydrogen) atoms. The number of fused-ring (bicyclic) bond motifs is 1. The van der Waals surface area contributed by atoms with Gasteiger partial charge in [0.2, 0.25) is 0 Å². The second kappa shape index (κ2) is 12.1. The minimum atomic E-state index is -3.16. The zero-order chi connectivity index (χ0) is 31.1. The number of ether oxygens (including phenoxy) is 3. The van der Waals surface area contributed by atoms with Crippen molar-refractivity contribution in [3.8, 4) is 22.8 Å². The lowest BCUT2D eigenvalue weighted by Crippen LogP contribution is -2.54. The van der Waals surface area contributed by atoms with Crippen LogP contribution in [0.4, 0.5) is 8.78 Å². The molecule has 3 N–H and O–H groups in total. The number of rotatable bonds is 11. The smallest absolute Gasteiger partial charge is 0.387 e. The average Bonchev–Trinajstić information content (AvgIpc) is 3.62. The second-order valence-corrected chi connectivity index (χ2v) is 12.0. The third-order valence-electron chi connectivity index (χ3n) is 7.32. The van der Waals surface area contributed by atoms with Gasteiger partial charge in [-0.05, 0) is 63.4 Å². The Balaban J connectivity index is 1.32. The van der Waals surface area contributed by atoms with Gasteiger partial charge >= 0.3 is 12.6 Å². The molecule has 13 heteroatoms. The van der Waals surface area contributed by atoms with Gasteiger partial charge in [-0.1, -0.05) is 0 Å². The first-order valence-corrected chi connectivity index (χ1v) is 14.1. The Labute approximate surface area is 247 Å². The number of amides is 1. The van der Waals surface area contributed by atoms with Gasteiger partial charge in [-0.25, -0.2) is 4.98 Å². The molecule has 2 atom stereocenters. The lowest BCUT2D eigenvalue weighted by molar-refractivity contribution is -0.167. The number of halogens is 2. The fraction of sp³-hybridized carbons (Fsp3) is 0.500. The minimum absolute atomic E-state index is 0.00169. The third kappa shape index (κ3) is 7.06. The molecular weight excluding hydrogens is 566 g/mol. The summed E-state index contributed by atoms with van der Waals surface area (Å²) in [6, 6.07) is 6.12. The lowest BCUT2D eigenvalue weighted by Gasteiger charge is -2.40. The van der Waals surface area contributed by atoms with Crippen molar-refractivity contribution in [2.45, 2.75) is 64.1 Å². The second-order valence-electron chi connectivity index (χ2n) is 12.0. The van der Waals surface area contributed by atoms with Crippen molar-refractivity contribution < 1.29 is 42.8 Å². The Morgan fingerprint density at radius 1 is 1.14 bits per heavy atom. The van der Waals surface area contributed by atoms with E-state index in [1.807, 2.05) is 25.7 Å². The van der Waals surface area contributed by atoms with Crippen LogP contribution >= 0.6 is 0 Å². The van der Waals surface area contributed by atoms with E-state index in [4.69, 9.17) is 14.2 Å². The summed E-state index contributed by atoms with van der Waals surface area (Å²) < 4.78 is 43.9. The summed E-state index contributed by atoms with van der Waals surface area (Å²) in [5.41, 5.74) is 1.07. The maximum Gasteiger partial charge on any atom is 0.387 e. The molecule has 2 unspecified atom stereocenters. The molecule has 11 nitrogen and oxygen atoms in total. The minimum Gasteiger partial charge on any atom is -0.496 e. The van der Waals surface area contributed by atoms with Gasteiger partial charge in [-0.2, -0.15) is 8.78 Å². The summed E-state index contributed by atoms with van der Waals surface area (Å²) in [6.07, 6.45) is 2.45. The summed E-state index contributed by atoms with van der Waals surface area (Å²) in [5, 5.41) is 24.3. The van der Waals surface area contributed by atoms with Crippen LogP contribution in [-0.2, 0) is 9.53 Å². The molecule has 3 aromatic rings. The number of alkyl halides is 2. The van der Waals surface area contributed by atoms with E-state index in [-0.39, 0.29) is 41.5 Å². The number of nitrogens with zero attached hydrogens (tertiary/aromatic N) is 3. The monoisotopic (exact) mass is 602 g/mol. The van der Waals surface area contributed by atoms with Crippen molar-refractivity contribution in [3.05, 3.63) is 47.8 Å². The van der Waals surface area contributed by atoms with E-state index < -0.39 is 30.3 Å². The van der Waals surface area contributed by atoms with Crippen molar-refractivity contribution in [1.29, 1.82) is 0 Å². The number of aliphatic hydroxyl groups is 2. The van der Waals surface area contributed by atoms with E-state index in [1.165, 1.54) is 19.4 Å². The highest BCUT2D eigenvalue weighted by molar-refractivity contribution is 6.01. The van der Waals surface area contributed by atoms with Crippen LogP contribution < -0.4 is 14.8 Å². The zero-order valence-electron chi connectivity index (χ0n) is 24.4. The lowest BCUT2D eigenvalue weighted by atomic mass is 9.97. The number of hydrogen-bond donors (Lipinski definition) is 3. The molecule has 5 rings (SSSR count). The first-order valence-electron chi connectivity index (χ1n) is 14.1. The maximum absolute atomic E-state index is 13.3. The number of pyridine rings is 1. The van der Waals surface area contributed by atoms with Crippen LogP contribution in [0.5, 0.6) is 11.5 Å². The molecule has 0 spiro atoms. The summed E-state index contributed by atoms with van der Waals surface area (Å²) in [7, 11) is 1.34. The molecule has 1 aliphatic carbocycles. The highest BCUT2D eigenvalue weighted by Crippen LogP contribution is 2.37. The van der Waals surface area contributed by atoms with Gasteiger partial charge in [0.1, 0.15) is 34.4 Å². The number of aromatic nitrogens is 2. The standard InChI is InChI=1S/C30H36F2N4O7/c1-30(2,3)43-28(40)18-13-35(14-18)15-21(37)26(38)16-7-8-36-20(12-33-24(36)11-16)17-9-22(41-4)25(23(10-17)42-29(31)32)27(39)34-19-5-6-19/h7-12,18-19,21,26,29,37-38H,5-6,13-15H2,1-4H3,(H,34,39). The number of likely N-dealkylation sites (tertiary alicyclic amines) is 1. The fourth-order valence-corrected chi connectivity index (χ4v) is 5.03. The molecule has 1 amide bonds. The van der Waals surface area contributed by atoms with Crippen LogP contribution in [0.2, 0.25) is 0 Å². The van der Waals surface area contributed by atoms with Crippen LogP contribution in [0.25, 0.3) is 16.9 Å². The molecule has 2 fully saturated rings. The van der Waals surface area contributed by atoms with E-state index >= 15 is 0 Å². The van der Waals surface area contributed by atoms with Crippen molar-refractivity contribution >= 4 is 17.5 Å². The highest BCUT2D eigenvalue weighted by Gasteiger charge is 2.37. The van der Waals surface area contributed by atoms with Crippen LogP contribution in [0.3, 0.4) is 0 Å². The number of benzene rings is 1. The molecule has 1 saturated carbocycles. The van der Waals surface area contributed by atoms with E-state index in [9.17, 15) is 28.6 Å². The van der Waals surface area contributed by atoms with E-state index in [0.29, 0.717) is 35.6 Å². The predicted octanol–water partition coefficient (Wildman–Crippen LogP) is 3.17. The van der Waals surface area contributed by atoms with Gasteiger partial charge in [0.15, 0.2) is 0 Å². The van der Waals surface area contributed by atoms with Gasteiger partial charge in [0.25, 0.3) is 5.91 Å². The zero-order valence-corrected chi connectivity index (χ0v) is 24.4. The fourth-order valence-electron chi connectivity index (χ4n) is 5.03. The Morgan fingerprint density at radius 3 is 2.47 bits per heavy atom. The van der Waals surface area contributed by atoms with Crippen molar-refractivity contribution in [3.63, 3.8) is 0 Å². The van der Waals surface area contributed by atoms with E-state index in [0.717, 1.165) is 12.8 Å². The normalized spacial score (nSPS) is 17.4. The van der Waals surface area contributed by atoms with Gasteiger partial charge in [-0.15, -0.1) is 0 Å². The van der Waals surface area contributed by atoms with E-state index in [2.05, 4.69) is 10.3 Å². The number of β-amino-alcohol motifs (C(OH)–C–C–N with tert-alkyl or cyclic N) is 1. The summed E-state index contributed by atoms with van der Waals surface area (Å²) in [4.78, 5) is 31.3. The Hall–Kier alpha value is -3.81. The molecule has 1 aliphatic heterocycles. The van der Waals surface area contributed by atoms with Crippen LogP contribution in [0, 0.1) is 5.92 Å². The first-order chi connectivity index (χ1) is 20.3. The van der Waals surface area contributed by atoms with Crippen LogP contribution in [0.15, 0.2) is 36.7 Å². The average molecular weight is 603 g/mol. The molecule has 2 aliphatic rings. The molecule has 2 aromatic heterocycles.